The summed E-state index contributed by atoms with van der Waals surface area (Å²) in [5.74, 6) is 1.06. The standard InChI is InChI=1S/C11H21N3O/c1-11(3-7-15-8-4-11)9-13-10-12-5-6-14(10)2/h3-9H2,1-2H3,(H,12,13). The minimum atomic E-state index is 0.379. The van der Waals surface area contributed by atoms with E-state index in [2.05, 4.69) is 29.2 Å². The summed E-state index contributed by atoms with van der Waals surface area (Å²) in [6.07, 6.45) is 2.30. The zero-order valence-electron chi connectivity index (χ0n) is 9.75. The molecule has 0 aromatic carbocycles. The molecule has 1 fully saturated rings. The van der Waals surface area contributed by atoms with Crippen LogP contribution in [0.1, 0.15) is 19.8 Å². The summed E-state index contributed by atoms with van der Waals surface area (Å²) in [6, 6.07) is 0. The van der Waals surface area contributed by atoms with Crippen LogP contribution >= 0.6 is 0 Å². The highest BCUT2D eigenvalue weighted by Crippen LogP contribution is 2.28. The first kappa shape index (κ1) is 10.7. The predicted molar refractivity (Wildman–Crippen MR) is 61.1 cm³/mol. The van der Waals surface area contributed by atoms with E-state index in [0.29, 0.717) is 5.41 Å². The quantitative estimate of drug-likeness (QED) is 0.730. The van der Waals surface area contributed by atoms with Crippen LogP contribution < -0.4 is 5.32 Å². The number of nitrogens with one attached hydrogen (secondary N) is 1. The number of ether oxygens (including phenoxy) is 1. The number of hydrogen-bond acceptors (Lipinski definition) is 4. The normalized spacial score (nSPS) is 25.2. The largest absolute Gasteiger partial charge is 0.381 e. The topological polar surface area (TPSA) is 36.9 Å². The molecule has 4 nitrogen and oxygen atoms in total. The van der Waals surface area contributed by atoms with Gasteiger partial charge in [0.1, 0.15) is 0 Å². The Labute approximate surface area is 91.7 Å². The maximum Gasteiger partial charge on any atom is 0.193 e. The highest BCUT2D eigenvalue weighted by atomic mass is 16.5. The van der Waals surface area contributed by atoms with Crippen LogP contribution in [0, 0.1) is 5.41 Å². The van der Waals surface area contributed by atoms with Crippen molar-refractivity contribution in [2.24, 2.45) is 10.4 Å². The summed E-state index contributed by atoms with van der Waals surface area (Å²) in [5.41, 5.74) is 0.379. The Hall–Kier alpha value is -0.770. The Balaban J connectivity index is 1.81. The average molecular weight is 211 g/mol. The summed E-state index contributed by atoms with van der Waals surface area (Å²) in [5, 5.41) is 3.46. The third-order valence-corrected chi connectivity index (χ3v) is 3.43. The molecule has 0 aromatic heterocycles. The van der Waals surface area contributed by atoms with Crippen LogP contribution in [0.2, 0.25) is 0 Å². The molecule has 0 unspecified atom stereocenters. The molecule has 4 heteroatoms. The number of hydrogen-bond donors (Lipinski definition) is 1. The second-order valence-corrected chi connectivity index (χ2v) is 4.90. The molecule has 1 saturated heterocycles. The third-order valence-electron chi connectivity index (χ3n) is 3.43. The Bertz CT molecular complexity index is 246. The van der Waals surface area contributed by atoms with E-state index in [1.807, 2.05) is 0 Å². The lowest BCUT2D eigenvalue weighted by atomic mass is 9.82. The maximum absolute atomic E-state index is 5.39. The Morgan fingerprint density at radius 2 is 2.20 bits per heavy atom. The molecular formula is C11H21N3O. The molecule has 0 saturated carbocycles. The Kier molecular flexibility index (Phi) is 3.14. The lowest BCUT2D eigenvalue weighted by Crippen LogP contribution is -2.43. The van der Waals surface area contributed by atoms with Crippen molar-refractivity contribution in [1.29, 1.82) is 0 Å². The van der Waals surface area contributed by atoms with E-state index in [1.54, 1.807) is 0 Å². The lowest BCUT2D eigenvalue weighted by Gasteiger charge is -2.34. The van der Waals surface area contributed by atoms with Gasteiger partial charge in [0.05, 0.1) is 6.54 Å². The van der Waals surface area contributed by atoms with Gasteiger partial charge in [0, 0.05) is 33.4 Å². The molecule has 0 aliphatic carbocycles. The minimum absolute atomic E-state index is 0.379. The van der Waals surface area contributed by atoms with Crippen molar-refractivity contribution in [1.82, 2.24) is 10.2 Å². The molecule has 0 bridgehead atoms. The van der Waals surface area contributed by atoms with Crippen LogP contribution in [-0.4, -0.2) is 50.8 Å². The van der Waals surface area contributed by atoms with E-state index in [4.69, 9.17) is 4.74 Å². The van der Waals surface area contributed by atoms with Crippen molar-refractivity contribution in [3.8, 4) is 0 Å². The molecule has 1 N–H and O–H groups in total. The van der Waals surface area contributed by atoms with Crippen LogP contribution in [0.3, 0.4) is 0 Å². The van der Waals surface area contributed by atoms with Gasteiger partial charge in [-0.05, 0) is 18.3 Å². The minimum Gasteiger partial charge on any atom is -0.381 e. The fourth-order valence-corrected chi connectivity index (χ4v) is 2.06. The van der Waals surface area contributed by atoms with Gasteiger partial charge in [0.15, 0.2) is 5.96 Å². The summed E-state index contributed by atoms with van der Waals surface area (Å²) in [7, 11) is 2.09. The fourth-order valence-electron chi connectivity index (χ4n) is 2.06. The van der Waals surface area contributed by atoms with Crippen molar-refractivity contribution in [3.05, 3.63) is 0 Å². The first-order valence-electron chi connectivity index (χ1n) is 5.77. The van der Waals surface area contributed by atoms with E-state index in [-0.39, 0.29) is 0 Å². The molecule has 2 rings (SSSR count). The second-order valence-electron chi connectivity index (χ2n) is 4.90. The van der Waals surface area contributed by atoms with E-state index in [1.165, 1.54) is 0 Å². The van der Waals surface area contributed by atoms with Crippen molar-refractivity contribution in [2.75, 3.05) is 39.9 Å². The monoisotopic (exact) mass is 211 g/mol. The first-order valence-corrected chi connectivity index (χ1v) is 5.77. The molecule has 0 amide bonds. The maximum atomic E-state index is 5.39. The first-order chi connectivity index (χ1) is 7.20. The highest BCUT2D eigenvalue weighted by molar-refractivity contribution is 5.81. The van der Waals surface area contributed by atoms with Gasteiger partial charge in [-0.3, -0.25) is 4.99 Å². The molecule has 2 aliphatic heterocycles. The van der Waals surface area contributed by atoms with Gasteiger partial charge in [0.2, 0.25) is 0 Å². The highest BCUT2D eigenvalue weighted by Gasteiger charge is 2.28. The van der Waals surface area contributed by atoms with E-state index in [9.17, 15) is 0 Å². The number of aliphatic imine (C=N–C) groups is 1. The third kappa shape index (κ3) is 2.62. The lowest BCUT2D eigenvalue weighted by molar-refractivity contribution is 0.0259. The molecule has 0 radical (unpaired) electrons. The molecule has 2 heterocycles. The Morgan fingerprint density at radius 3 is 2.80 bits per heavy atom. The van der Waals surface area contributed by atoms with Crippen LogP contribution in [0.25, 0.3) is 0 Å². The smallest absolute Gasteiger partial charge is 0.193 e. The molecule has 0 atom stereocenters. The number of rotatable bonds is 2. The molecule has 15 heavy (non-hydrogen) atoms. The van der Waals surface area contributed by atoms with Gasteiger partial charge in [-0.25, -0.2) is 0 Å². The fraction of sp³-hybridized carbons (Fsp3) is 0.909. The molecule has 2 aliphatic rings. The van der Waals surface area contributed by atoms with Gasteiger partial charge >= 0.3 is 0 Å². The van der Waals surface area contributed by atoms with Crippen molar-refractivity contribution in [2.45, 2.75) is 19.8 Å². The van der Waals surface area contributed by atoms with Crippen LogP contribution in [0.15, 0.2) is 4.99 Å². The molecular weight excluding hydrogens is 190 g/mol. The molecule has 86 valence electrons. The summed E-state index contributed by atoms with van der Waals surface area (Å²) >= 11 is 0. The zero-order valence-corrected chi connectivity index (χ0v) is 9.75. The van der Waals surface area contributed by atoms with Gasteiger partial charge in [-0.1, -0.05) is 6.92 Å². The van der Waals surface area contributed by atoms with Crippen LogP contribution in [0.4, 0.5) is 0 Å². The van der Waals surface area contributed by atoms with Crippen molar-refractivity contribution < 1.29 is 4.74 Å². The van der Waals surface area contributed by atoms with Crippen molar-refractivity contribution in [3.63, 3.8) is 0 Å². The number of nitrogens with zero attached hydrogens (tertiary/aromatic N) is 2. The van der Waals surface area contributed by atoms with Gasteiger partial charge in [0.25, 0.3) is 0 Å². The second kappa shape index (κ2) is 4.39. The van der Waals surface area contributed by atoms with Crippen LogP contribution in [0.5, 0.6) is 0 Å². The van der Waals surface area contributed by atoms with E-state index >= 15 is 0 Å². The molecule has 0 spiro atoms. The predicted octanol–water partition coefficient (Wildman–Crippen LogP) is 0.694. The van der Waals surface area contributed by atoms with Gasteiger partial charge in [-0.15, -0.1) is 0 Å². The van der Waals surface area contributed by atoms with Crippen LogP contribution in [-0.2, 0) is 4.74 Å². The average Bonchev–Trinajstić information content (AvgIpc) is 2.62. The van der Waals surface area contributed by atoms with E-state index in [0.717, 1.165) is 51.6 Å². The Morgan fingerprint density at radius 1 is 1.47 bits per heavy atom. The van der Waals surface area contributed by atoms with Crippen molar-refractivity contribution >= 4 is 5.96 Å². The summed E-state index contributed by atoms with van der Waals surface area (Å²) in [4.78, 5) is 6.62. The SMILES string of the molecule is CN1CCN=C1NCC1(C)CCOCC1. The van der Waals surface area contributed by atoms with E-state index < -0.39 is 0 Å². The molecule has 0 aromatic rings. The summed E-state index contributed by atoms with van der Waals surface area (Å²) in [6.45, 7) is 7.12. The number of guanidine groups is 1. The number of likely N-dealkylation sites (N-methyl/N-ethyl adjacent to an activating group) is 1. The van der Waals surface area contributed by atoms with Gasteiger partial charge < -0.3 is 15.0 Å². The zero-order chi connectivity index (χ0) is 10.7. The van der Waals surface area contributed by atoms with Gasteiger partial charge in [-0.2, -0.15) is 0 Å². The summed E-state index contributed by atoms with van der Waals surface area (Å²) < 4.78 is 5.39.